The number of rotatable bonds is 5. The van der Waals surface area contributed by atoms with Gasteiger partial charge in [0.15, 0.2) is 0 Å². The highest BCUT2D eigenvalue weighted by Crippen LogP contribution is 2.25. The first-order chi connectivity index (χ1) is 9.19. The fourth-order valence-electron chi connectivity index (χ4n) is 2.49. The monoisotopic (exact) mass is 318 g/mol. The molecule has 1 aromatic heterocycles. The molecule has 1 aliphatic rings. The molecule has 0 spiro atoms. The van der Waals surface area contributed by atoms with Gasteiger partial charge in [-0.3, -0.25) is 4.79 Å². The highest BCUT2D eigenvalue weighted by molar-refractivity contribution is 7.15. The third kappa shape index (κ3) is 5.00. The summed E-state index contributed by atoms with van der Waals surface area (Å²) in [5, 5.41) is 15.8. The van der Waals surface area contributed by atoms with E-state index >= 15 is 0 Å². The number of anilines is 1. The van der Waals surface area contributed by atoms with Crippen molar-refractivity contribution in [3.05, 3.63) is 5.01 Å². The Morgan fingerprint density at radius 1 is 1.45 bits per heavy atom. The van der Waals surface area contributed by atoms with Crippen molar-refractivity contribution >= 4 is 34.8 Å². The van der Waals surface area contributed by atoms with E-state index in [0.29, 0.717) is 23.4 Å². The fourth-order valence-corrected chi connectivity index (χ4v) is 3.19. The number of hydrogen-bond donors (Lipinski definition) is 2. The van der Waals surface area contributed by atoms with Gasteiger partial charge in [-0.15, -0.1) is 22.6 Å². The maximum atomic E-state index is 12.0. The van der Waals surface area contributed by atoms with Gasteiger partial charge in [0, 0.05) is 6.42 Å². The van der Waals surface area contributed by atoms with Gasteiger partial charge in [-0.25, -0.2) is 0 Å². The van der Waals surface area contributed by atoms with Crippen LogP contribution in [0.5, 0.6) is 0 Å². The molecule has 1 fully saturated rings. The predicted octanol–water partition coefficient (Wildman–Crippen LogP) is 2.49. The van der Waals surface area contributed by atoms with Gasteiger partial charge < -0.3 is 10.6 Å². The number of nitrogens with one attached hydrogen (secondary N) is 2. The molecule has 0 bridgehead atoms. The van der Waals surface area contributed by atoms with E-state index in [1.54, 1.807) is 0 Å². The Balaban J connectivity index is 0.00000200. The molecule has 2 heterocycles. The fraction of sp³-hybridized carbons (Fsp3) is 0.769. The van der Waals surface area contributed by atoms with Crippen molar-refractivity contribution in [1.82, 2.24) is 15.5 Å². The zero-order chi connectivity index (χ0) is 13.7. The van der Waals surface area contributed by atoms with Crippen LogP contribution in [0.4, 0.5) is 5.13 Å². The first-order valence-electron chi connectivity index (χ1n) is 7.02. The number of aromatic nitrogens is 2. The summed E-state index contributed by atoms with van der Waals surface area (Å²) in [4.78, 5) is 12.0. The second kappa shape index (κ2) is 8.54. The number of piperidine rings is 1. The first-order valence-corrected chi connectivity index (χ1v) is 7.83. The average molecular weight is 319 g/mol. The zero-order valence-electron chi connectivity index (χ0n) is 12.0. The molecule has 114 valence electrons. The normalized spacial score (nSPS) is 17.3. The second-order valence-electron chi connectivity index (χ2n) is 5.17. The van der Waals surface area contributed by atoms with E-state index in [4.69, 9.17) is 0 Å². The van der Waals surface area contributed by atoms with E-state index in [-0.39, 0.29) is 18.3 Å². The van der Waals surface area contributed by atoms with Crippen molar-refractivity contribution in [2.24, 2.45) is 11.8 Å². The molecular formula is C13H23ClN4OS. The molecule has 1 saturated heterocycles. The van der Waals surface area contributed by atoms with Crippen molar-refractivity contribution in [3.8, 4) is 0 Å². The van der Waals surface area contributed by atoms with Crippen LogP contribution in [0, 0.1) is 11.8 Å². The Kier molecular flexibility index (Phi) is 7.40. The van der Waals surface area contributed by atoms with Crippen molar-refractivity contribution < 1.29 is 4.79 Å². The number of amides is 1. The lowest BCUT2D eigenvalue weighted by atomic mass is 9.84. The molecule has 1 atom stereocenters. The van der Waals surface area contributed by atoms with E-state index in [1.807, 2.05) is 6.92 Å². The number of carbonyl (C=O) groups excluding carboxylic acids is 1. The Hall–Kier alpha value is -0.720. The van der Waals surface area contributed by atoms with Crippen LogP contribution in [0.3, 0.4) is 0 Å². The molecule has 1 unspecified atom stereocenters. The third-order valence-electron chi connectivity index (χ3n) is 3.71. The minimum absolute atomic E-state index is 0. The Morgan fingerprint density at radius 2 is 2.15 bits per heavy atom. The van der Waals surface area contributed by atoms with Crippen LogP contribution in [-0.2, 0) is 11.2 Å². The molecule has 0 aromatic carbocycles. The van der Waals surface area contributed by atoms with Crippen LogP contribution in [0.15, 0.2) is 0 Å². The van der Waals surface area contributed by atoms with Crippen molar-refractivity contribution in [2.75, 3.05) is 18.4 Å². The summed E-state index contributed by atoms with van der Waals surface area (Å²) in [6, 6.07) is 0. The summed E-state index contributed by atoms with van der Waals surface area (Å²) in [6.45, 7) is 6.36. The predicted molar refractivity (Wildman–Crippen MR) is 84.5 cm³/mol. The van der Waals surface area contributed by atoms with E-state index in [2.05, 4.69) is 27.8 Å². The van der Waals surface area contributed by atoms with Crippen LogP contribution in [0.1, 0.15) is 38.1 Å². The summed E-state index contributed by atoms with van der Waals surface area (Å²) >= 11 is 1.46. The summed E-state index contributed by atoms with van der Waals surface area (Å²) in [7, 11) is 0. The zero-order valence-corrected chi connectivity index (χ0v) is 13.6. The van der Waals surface area contributed by atoms with Crippen molar-refractivity contribution in [1.29, 1.82) is 0 Å². The maximum absolute atomic E-state index is 12.0. The van der Waals surface area contributed by atoms with Crippen LogP contribution >= 0.6 is 23.7 Å². The molecule has 1 amide bonds. The molecule has 20 heavy (non-hydrogen) atoms. The lowest BCUT2D eigenvalue weighted by molar-refractivity contribution is -0.117. The molecule has 0 radical (unpaired) electrons. The summed E-state index contributed by atoms with van der Waals surface area (Å²) in [6.07, 6.45) is 3.78. The number of carbonyl (C=O) groups is 1. The number of nitrogens with zero attached hydrogens (tertiary/aromatic N) is 2. The SMILES string of the molecule is CCc1nnc(NC(=O)CC(C)C2CCNCC2)s1.Cl. The first kappa shape index (κ1) is 17.3. The topological polar surface area (TPSA) is 66.9 Å². The quantitative estimate of drug-likeness (QED) is 0.875. The van der Waals surface area contributed by atoms with Gasteiger partial charge in [0.25, 0.3) is 0 Å². The smallest absolute Gasteiger partial charge is 0.226 e. The maximum Gasteiger partial charge on any atom is 0.226 e. The van der Waals surface area contributed by atoms with Gasteiger partial charge in [0.1, 0.15) is 5.01 Å². The molecular weight excluding hydrogens is 296 g/mol. The molecule has 5 nitrogen and oxygen atoms in total. The Bertz CT molecular complexity index is 420. The number of aryl methyl sites for hydroxylation is 1. The number of hydrogen-bond acceptors (Lipinski definition) is 5. The molecule has 1 aliphatic heterocycles. The van der Waals surface area contributed by atoms with Gasteiger partial charge in [-0.2, -0.15) is 0 Å². The van der Waals surface area contributed by atoms with Gasteiger partial charge >= 0.3 is 0 Å². The van der Waals surface area contributed by atoms with Gasteiger partial charge in [0.2, 0.25) is 11.0 Å². The van der Waals surface area contributed by atoms with E-state index < -0.39 is 0 Å². The highest BCUT2D eigenvalue weighted by atomic mass is 35.5. The number of halogens is 1. The molecule has 1 aromatic rings. The standard InChI is InChI=1S/C13H22N4OS.ClH/c1-3-12-16-17-13(19-12)15-11(18)8-9(2)10-4-6-14-7-5-10;/h9-10,14H,3-8H2,1-2H3,(H,15,17,18);1H. The lowest BCUT2D eigenvalue weighted by Gasteiger charge is -2.27. The van der Waals surface area contributed by atoms with Crippen LogP contribution in [0.25, 0.3) is 0 Å². The van der Waals surface area contributed by atoms with E-state index in [1.165, 1.54) is 24.2 Å². The second-order valence-corrected chi connectivity index (χ2v) is 6.23. The van der Waals surface area contributed by atoms with Crippen LogP contribution in [-0.4, -0.2) is 29.2 Å². The largest absolute Gasteiger partial charge is 0.317 e. The van der Waals surface area contributed by atoms with Gasteiger partial charge in [0.05, 0.1) is 0 Å². The summed E-state index contributed by atoms with van der Waals surface area (Å²) in [5.41, 5.74) is 0. The van der Waals surface area contributed by atoms with Crippen molar-refractivity contribution in [3.63, 3.8) is 0 Å². The molecule has 2 rings (SSSR count). The summed E-state index contributed by atoms with van der Waals surface area (Å²) in [5.74, 6) is 1.15. The van der Waals surface area contributed by atoms with Gasteiger partial charge in [-0.1, -0.05) is 25.2 Å². The lowest BCUT2D eigenvalue weighted by Crippen LogP contribution is -2.32. The minimum atomic E-state index is 0. The van der Waals surface area contributed by atoms with E-state index in [9.17, 15) is 4.79 Å². The molecule has 0 aliphatic carbocycles. The van der Waals surface area contributed by atoms with Crippen molar-refractivity contribution in [2.45, 2.75) is 39.5 Å². The Morgan fingerprint density at radius 3 is 2.75 bits per heavy atom. The van der Waals surface area contributed by atoms with E-state index in [0.717, 1.165) is 24.5 Å². The highest BCUT2D eigenvalue weighted by Gasteiger charge is 2.22. The van der Waals surface area contributed by atoms with Gasteiger partial charge in [-0.05, 0) is 44.2 Å². The minimum Gasteiger partial charge on any atom is -0.317 e. The third-order valence-corrected chi connectivity index (χ3v) is 4.69. The summed E-state index contributed by atoms with van der Waals surface area (Å²) < 4.78 is 0. The van der Waals surface area contributed by atoms with Crippen LogP contribution < -0.4 is 10.6 Å². The molecule has 0 saturated carbocycles. The molecule has 7 heteroatoms. The Labute approximate surface area is 130 Å². The van der Waals surface area contributed by atoms with Crippen LogP contribution in [0.2, 0.25) is 0 Å². The average Bonchev–Trinajstić information content (AvgIpc) is 2.87. The molecule has 2 N–H and O–H groups in total.